The Kier molecular flexibility index (Phi) is 3.81. The van der Waals surface area contributed by atoms with Gasteiger partial charge in [0.15, 0.2) is 0 Å². The molecule has 0 aliphatic carbocycles. The van der Waals surface area contributed by atoms with Crippen molar-refractivity contribution in [3.05, 3.63) is 58.6 Å². The van der Waals surface area contributed by atoms with E-state index in [0.29, 0.717) is 5.69 Å². The molecular formula is C13H13N3O4S. The molecule has 0 heterocycles. The van der Waals surface area contributed by atoms with Gasteiger partial charge in [0.05, 0.1) is 15.5 Å². The first-order chi connectivity index (χ1) is 9.82. The fraction of sp³-hybridized carbons (Fsp3) is 0.0769. The van der Waals surface area contributed by atoms with Crippen molar-refractivity contribution in [2.24, 2.45) is 0 Å². The zero-order valence-electron chi connectivity index (χ0n) is 11.1. The number of nitro groups is 1. The van der Waals surface area contributed by atoms with Crippen molar-refractivity contribution in [1.29, 1.82) is 0 Å². The second-order valence-electron chi connectivity index (χ2n) is 4.33. The van der Waals surface area contributed by atoms with Crippen molar-refractivity contribution >= 4 is 27.1 Å². The molecule has 0 atom stereocenters. The third-order valence-electron chi connectivity index (χ3n) is 2.90. The van der Waals surface area contributed by atoms with Crippen molar-refractivity contribution in [1.82, 2.24) is 0 Å². The molecule has 0 amide bonds. The molecule has 2 N–H and O–H groups in total. The van der Waals surface area contributed by atoms with Crippen LogP contribution in [0.1, 0.15) is 0 Å². The molecule has 0 unspecified atom stereocenters. The maximum atomic E-state index is 12.5. The summed E-state index contributed by atoms with van der Waals surface area (Å²) in [6.45, 7) is 0. The van der Waals surface area contributed by atoms with Gasteiger partial charge >= 0.3 is 0 Å². The number of hydrogen-bond donors (Lipinski definition) is 1. The van der Waals surface area contributed by atoms with Crippen LogP contribution in [0.25, 0.3) is 0 Å². The Morgan fingerprint density at radius 3 is 2.33 bits per heavy atom. The summed E-state index contributed by atoms with van der Waals surface area (Å²) in [6.07, 6.45) is 0. The molecule has 0 aliphatic rings. The molecule has 0 radical (unpaired) electrons. The lowest BCUT2D eigenvalue weighted by Gasteiger charge is -2.19. The normalized spacial score (nSPS) is 11.1. The Morgan fingerprint density at radius 2 is 1.76 bits per heavy atom. The predicted octanol–water partition coefficient (Wildman–Crippen LogP) is 2.00. The number of rotatable bonds is 4. The molecule has 8 heteroatoms. The van der Waals surface area contributed by atoms with Gasteiger partial charge in [0.25, 0.3) is 15.7 Å². The van der Waals surface area contributed by atoms with Crippen LogP contribution in [-0.2, 0) is 10.0 Å². The summed E-state index contributed by atoms with van der Waals surface area (Å²) in [5.41, 5.74) is 5.64. The molecule has 0 spiro atoms. The second kappa shape index (κ2) is 5.41. The molecule has 0 saturated heterocycles. The van der Waals surface area contributed by atoms with Crippen LogP contribution in [0.4, 0.5) is 17.1 Å². The number of para-hydroxylation sites is 1. The molecular weight excluding hydrogens is 294 g/mol. The van der Waals surface area contributed by atoms with Gasteiger partial charge in [0.2, 0.25) is 0 Å². The standard InChI is InChI=1S/C13H13N3O4S/c1-15(11-5-3-2-4-6-11)21(19,20)13-8-10(14)7-12(9-13)16(17)18/h2-9H,14H2,1H3. The number of anilines is 2. The molecule has 0 aromatic heterocycles. The summed E-state index contributed by atoms with van der Waals surface area (Å²) >= 11 is 0. The molecule has 2 rings (SSSR count). The Morgan fingerprint density at radius 1 is 1.14 bits per heavy atom. The molecule has 0 bridgehead atoms. The van der Waals surface area contributed by atoms with Crippen LogP contribution < -0.4 is 10.0 Å². The monoisotopic (exact) mass is 307 g/mol. The van der Waals surface area contributed by atoms with Crippen LogP contribution in [0, 0.1) is 10.1 Å². The second-order valence-corrected chi connectivity index (χ2v) is 6.29. The minimum atomic E-state index is -3.92. The van der Waals surface area contributed by atoms with Crippen molar-refractivity contribution in [2.45, 2.75) is 4.90 Å². The van der Waals surface area contributed by atoms with Gasteiger partial charge in [0, 0.05) is 24.9 Å². The van der Waals surface area contributed by atoms with Gasteiger partial charge in [0.1, 0.15) is 0 Å². The SMILES string of the molecule is CN(c1ccccc1)S(=O)(=O)c1cc(N)cc([N+](=O)[O-])c1. The largest absolute Gasteiger partial charge is 0.398 e. The van der Waals surface area contributed by atoms with Gasteiger partial charge in [-0.25, -0.2) is 8.42 Å². The summed E-state index contributed by atoms with van der Waals surface area (Å²) in [6, 6.07) is 11.7. The number of nitro benzene ring substituents is 1. The van der Waals surface area contributed by atoms with E-state index < -0.39 is 14.9 Å². The molecule has 0 aliphatic heterocycles. The third kappa shape index (κ3) is 2.95. The smallest absolute Gasteiger partial charge is 0.272 e. The highest BCUT2D eigenvalue weighted by atomic mass is 32.2. The molecule has 7 nitrogen and oxygen atoms in total. The third-order valence-corrected chi connectivity index (χ3v) is 4.67. The minimum absolute atomic E-state index is 0.0178. The number of sulfonamides is 1. The highest BCUT2D eigenvalue weighted by Gasteiger charge is 2.24. The molecule has 0 fully saturated rings. The average molecular weight is 307 g/mol. The summed E-state index contributed by atoms with van der Waals surface area (Å²) in [4.78, 5) is 9.91. The van der Waals surface area contributed by atoms with Gasteiger partial charge in [-0.05, 0) is 18.2 Å². The summed E-state index contributed by atoms with van der Waals surface area (Å²) in [7, 11) is -2.55. The van der Waals surface area contributed by atoms with Crippen molar-refractivity contribution in [3.63, 3.8) is 0 Å². The summed E-state index contributed by atoms with van der Waals surface area (Å²) in [5, 5.41) is 10.8. The van der Waals surface area contributed by atoms with E-state index in [0.717, 1.165) is 16.4 Å². The number of nitrogens with two attached hydrogens (primary N) is 1. The lowest BCUT2D eigenvalue weighted by Crippen LogP contribution is -2.26. The first-order valence-electron chi connectivity index (χ1n) is 5.91. The maximum Gasteiger partial charge on any atom is 0.272 e. The quantitative estimate of drug-likeness (QED) is 0.528. The Balaban J connectivity index is 2.52. The van der Waals surface area contributed by atoms with Crippen molar-refractivity contribution < 1.29 is 13.3 Å². The highest BCUT2D eigenvalue weighted by molar-refractivity contribution is 7.92. The Bertz CT molecular complexity index is 775. The maximum absolute atomic E-state index is 12.5. The lowest BCUT2D eigenvalue weighted by molar-refractivity contribution is -0.385. The summed E-state index contributed by atoms with van der Waals surface area (Å²) in [5.74, 6) is 0. The van der Waals surface area contributed by atoms with E-state index in [-0.39, 0.29) is 16.3 Å². The van der Waals surface area contributed by atoms with E-state index in [9.17, 15) is 18.5 Å². The first kappa shape index (κ1) is 14.8. The van der Waals surface area contributed by atoms with Crippen molar-refractivity contribution in [3.8, 4) is 0 Å². The van der Waals surface area contributed by atoms with Crippen LogP contribution in [0.3, 0.4) is 0 Å². The number of benzene rings is 2. The first-order valence-corrected chi connectivity index (χ1v) is 7.35. The molecule has 0 saturated carbocycles. The van der Waals surface area contributed by atoms with Gasteiger partial charge in [-0.1, -0.05) is 18.2 Å². The topological polar surface area (TPSA) is 107 Å². The van der Waals surface area contributed by atoms with Gasteiger partial charge < -0.3 is 5.73 Å². The van der Waals surface area contributed by atoms with Gasteiger partial charge in [-0.15, -0.1) is 0 Å². The van der Waals surface area contributed by atoms with E-state index >= 15 is 0 Å². The van der Waals surface area contributed by atoms with E-state index in [1.54, 1.807) is 30.3 Å². The van der Waals surface area contributed by atoms with E-state index in [1.165, 1.54) is 13.1 Å². The number of non-ortho nitro benzene ring substituents is 1. The number of nitrogens with zero attached hydrogens (tertiary/aromatic N) is 2. The van der Waals surface area contributed by atoms with Gasteiger partial charge in [-0.3, -0.25) is 14.4 Å². The zero-order valence-corrected chi connectivity index (χ0v) is 11.9. The molecule has 110 valence electrons. The zero-order chi connectivity index (χ0) is 15.6. The number of nitrogen functional groups attached to an aromatic ring is 1. The Hall–Kier alpha value is -2.61. The van der Waals surface area contributed by atoms with Crippen LogP contribution in [-0.4, -0.2) is 20.4 Å². The lowest BCUT2D eigenvalue weighted by atomic mass is 10.3. The Labute approximate surface area is 121 Å². The van der Waals surface area contributed by atoms with Crippen LogP contribution in [0.5, 0.6) is 0 Å². The van der Waals surface area contributed by atoms with Gasteiger partial charge in [-0.2, -0.15) is 0 Å². The fourth-order valence-electron chi connectivity index (χ4n) is 1.79. The minimum Gasteiger partial charge on any atom is -0.398 e. The van der Waals surface area contributed by atoms with Crippen LogP contribution in [0.2, 0.25) is 0 Å². The molecule has 2 aromatic carbocycles. The van der Waals surface area contributed by atoms with Crippen LogP contribution in [0.15, 0.2) is 53.4 Å². The van der Waals surface area contributed by atoms with Crippen molar-refractivity contribution in [2.75, 3.05) is 17.1 Å². The fourth-order valence-corrected chi connectivity index (χ4v) is 3.07. The summed E-state index contributed by atoms with van der Waals surface area (Å²) < 4.78 is 26.1. The van der Waals surface area contributed by atoms with E-state index in [4.69, 9.17) is 5.73 Å². The van der Waals surface area contributed by atoms with E-state index in [1.807, 2.05) is 0 Å². The number of hydrogen-bond acceptors (Lipinski definition) is 5. The van der Waals surface area contributed by atoms with E-state index in [2.05, 4.69) is 0 Å². The highest BCUT2D eigenvalue weighted by Crippen LogP contribution is 2.26. The molecule has 2 aromatic rings. The predicted molar refractivity (Wildman–Crippen MR) is 79.5 cm³/mol. The molecule has 21 heavy (non-hydrogen) atoms. The average Bonchev–Trinajstić information content (AvgIpc) is 2.46. The van der Waals surface area contributed by atoms with Crippen LogP contribution >= 0.6 is 0 Å².